The third-order valence-corrected chi connectivity index (χ3v) is 4.97. The molecule has 1 aromatic heterocycles. The van der Waals surface area contributed by atoms with Gasteiger partial charge in [0, 0.05) is 9.50 Å². The Labute approximate surface area is 167 Å². The van der Waals surface area contributed by atoms with Crippen molar-refractivity contribution in [3.05, 3.63) is 90.0 Å². The molecule has 0 unspecified atom stereocenters. The average molecular weight is 449 g/mol. The first-order valence-corrected chi connectivity index (χ1v) is 9.14. The highest BCUT2D eigenvalue weighted by Crippen LogP contribution is 2.21. The van der Waals surface area contributed by atoms with Gasteiger partial charge in [-0.1, -0.05) is 51.8 Å². The summed E-state index contributed by atoms with van der Waals surface area (Å²) < 4.78 is 1.88. The van der Waals surface area contributed by atoms with Gasteiger partial charge in [0.1, 0.15) is 5.56 Å². The van der Waals surface area contributed by atoms with Crippen LogP contribution in [0.2, 0.25) is 5.02 Å². The first-order chi connectivity index (χ1) is 12.9. The molecule has 0 saturated carbocycles. The molecule has 0 fully saturated rings. The molecule has 0 aliphatic rings. The summed E-state index contributed by atoms with van der Waals surface area (Å²) in [7, 11) is 0. The molecule has 1 heterocycles. The molecule has 3 aromatic rings. The first-order valence-electron chi connectivity index (χ1n) is 7.97. The van der Waals surface area contributed by atoms with E-state index in [1.807, 2.05) is 24.3 Å². The van der Waals surface area contributed by atoms with Gasteiger partial charge in [0.15, 0.2) is 0 Å². The van der Waals surface area contributed by atoms with Crippen molar-refractivity contribution in [2.24, 2.45) is 4.99 Å². The number of halogens is 2. The van der Waals surface area contributed by atoms with E-state index in [0.29, 0.717) is 23.0 Å². The van der Waals surface area contributed by atoms with Gasteiger partial charge in [0.2, 0.25) is 5.88 Å². The molecule has 0 spiro atoms. The maximum Gasteiger partial charge on any atom is 0.335 e. The molecule has 2 aromatic carbocycles. The Morgan fingerprint density at radius 3 is 2.67 bits per heavy atom. The highest BCUT2D eigenvalue weighted by atomic mass is 79.9. The fourth-order valence-electron chi connectivity index (χ4n) is 2.62. The highest BCUT2D eigenvalue weighted by molar-refractivity contribution is 9.10. The predicted octanol–water partition coefficient (Wildman–Crippen LogP) is 3.66. The molecule has 27 heavy (non-hydrogen) atoms. The fraction of sp³-hybridized carbons (Fsp3) is 0.105. The van der Waals surface area contributed by atoms with Crippen LogP contribution in [-0.4, -0.2) is 20.4 Å². The molecule has 0 atom stereocenters. The number of hydrogen-bond donors (Lipinski definition) is 2. The van der Waals surface area contributed by atoms with Crippen LogP contribution in [0.1, 0.15) is 18.1 Å². The van der Waals surface area contributed by atoms with Crippen LogP contribution in [0.5, 0.6) is 5.88 Å². The summed E-state index contributed by atoms with van der Waals surface area (Å²) in [6.07, 6.45) is 0. The Balaban J connectivity index is 2.09. The van der Waals surface area contributed by atoms with E-state index in [1.165, 1.54) is 6.07 Å². The minimum absolute atomic E-state index is 0.0679. The Kier molecular flexibility index (Phi) is 5.62. The molecule has 2 N–H and O–H groups in total. The van der Waals surface area contributed by atoms with Gasteiger partial charge < -0.3 is 5.11 Å². The van der Waals surface area contributed by atoms with Gasteiger partial charge in [-0.15, -0.1) is 0 Å². The van der Waals surface area contributed by atoms with Crippen LogP contribution in [0.3, 0.4) is 0 Å². The summed E-state index contributed by atoms with van der Waals surface area (Å²) in [6, 6.07) is 14.0. The maximum absolute atomic E-state index is 12.3. The zero-order chi connectivity index (χ0) is 19.6. The van der Waals surface area contributed by atoms with Crippen LogP contribution >= 0.6 is 27.5 Å². The number of aromatic nitrogens is 2. The van der Waals surface area contributed by atoms with Gasteiger partial charge in [-0.3, -0.25) is 14.8 Å². The van der Waals surface area contributed by atoms with E-state index in [1.54, 1.807) is 25.1 Å². The summed E-state index contributed by atoms with van der Waals surface area (Å²) in [5, 5.41) is 11.0. The largest absolute Gasteiger partial charge is 0.493 e. The van der Waals surface area contributed by atoms with Gasteiger partial charge in [-0.25, -0.2) is 9.36 Å². The molecule has 3 rings (SSSR count). The van der Waals surface area contributed by atoms with Gasteiger partial charge in [-0.2, -0.15) is 0 Å². The molecule has 138 valence electrons. The summed E-state index contributed by atoms with van der Waals surface area (Å²) in [5.74, 6) is -0.487. The van der Waals surface area contributed by atoms with Crippen LogP contribution in [0.25, 0.3) is 5.69 Å². The smallest absolute Gasteiger partial charge is 0.335 e. The third kappa shape index (κ3) is 4.04. The van der Waals surface area contributed by atoms with E-state index in [0.717, 1.165) is 14.6 Å². The molecule has 0 radical (unpaired) electrons. The fourth-order valence-corrected chi connectivity index (χ4v) is 3.21. The molecule has 0 bridgehead atoms. The van der Waals surface area contributed by atoms with E-state index in [-0.39, 0.29) is 5.56 Å². The van der Waals surface area contributed by atoms with Crippen molar-refractivity contribution in [2.75, 3.05) is 0 Å². The van der Waals surface area contributed by atoms with Crippen LogP contribution in [0.4, 0.5) is 0 Å². The Morgan fingerprint density at radius 2 is 1.96 bits per heavy atom. The third-order valence-electron chi connectivity index (χ3n) is 3.96. The summed E-state index contributed by atoms with van der Waals surface area (Å²) in [4.78, 5) is 31.1. The van der Waals surface area contributed by atoms with Gasteiger partial charge in [-0.05, 0) is 36.8 Å². The zero-order valence-corrected chi connectivity index (χ0v) is 16.6. The first kappa shape index (κ1) is 19.1. The van der Waals surface area contributed by atoms with Gasteiger partial charge in [0.25, 0.3) is 5.56 Å². The van der Waals surface area contributed by atoms with Crippen LogP contribution < -0.4 is 11.2 Å². The number of rotatable bonds is 4. The van der Waals surface area contributed by atoms with Crippen LogP contribution in [-0.2, 0) is 6.54 Å². The lowest BCUT2D eigenvalue weighted by atomic mass is 10.2. The molecule has 8 heteroatoms. The number of benzene rings is 2. The number of H-pyrrole nitrogens is 1. The molecule has 0 aliphatic carbocycles. The highest BCUT2D eigenvalue weighted by Gasteiger charge is 2.18. The lowest BCUT2D eigenvalue weighted by molar-refractivity contribution is 0.429. The van der Waals surface area contributed by atoms with E-state index in [2.05, 4.69) is 25.9 Å². The van der Waals surface area contributed by atoms with E-state index < -0.39 is 17.1 Å². The number of aromatic hydroxyl groups is 1. The molecular formula is C19H15BrClN3O3. The van der Waals surface area contributed by atoms with Crippen molar-refractivity contribution in [2.45, 2.75) is 13.5 Å². The second-order valence-corrected chi connectivity index (χ2v) is 7.06. The second-order valence-electron chi connectivity index (χ2n) is 5.77. The van der Waals surface area contributed by atoms with Crippen molar-refractivity contribution in [1.82, 2.24) is 9.55 Å². The number of aliphatic imine (C=N–C) groups is 1. The molecule has 6 nitrogen and oxygen atoms in total. The minimum Gasteiger partial charge on any atom is -0.493 e. The van der Waals surface area contributed by atoms with E-state index in [9.17, 15) is 14.7 Å². The van der Waals surface area contributed by atoms with Crippen molar-refractivity contribution < 1.29 is 5.11 Å². The number of nitrogens with one attached hydrogen (secondary N) is 1. The monoisotopic (exact) mass is 447 g/mol. The summed E-state index contributed by atoms with van der Waals surface area (Å²) >= 11 is 9.41. The second kappa shape index (κ2) is 7.94. The maximum atomic E-state index is 12.3. The number of hydrogen-bond acceptors (Lipinski definition) is 4. The normalized spacial score (nSPS) is 11.6. The average Bonchev–Trinajstić information content (AvgIpc) is 2.60. The van der Waals surface area contributed by atoms with Crippen LogP contribution in [0, 0.1) is 0 Å². The van der Waals surface area contributed by atoms with E-state index >= 15 is 0 Å². The summed E-state index contributed by atoms with van der Waals surface area (Å²) in [5.41, 5.74) is 0.0326. The lowest BCUT2D eigenvalue weighted by Crippen LogP contribution is -2.32. The van der Waals surface area contributed by atoms with Crippen molar-refractivity contribution in [3.63, 3.8) is 0 Å². The van der Waals surface area contributed by atoms with Crippen molar-refractivity contribution in [3.8, 4) is 11.6 Å². The Morgan fingerprint density at radius 1 is 1.22 bits per heavy atom. The Hall–Kier alpha value is -2.64. The van der Waals surface area contributed by atoms with Crippen molar-refractivity contribution >= 4 is 33.2 Å². The van der Waals surface area contributed by atoms with E-state index in [4.69, 9.17) is 11.6 Å². The minimum atomic E-state index is -0.762. The van der Waals surface area contributed by atoms with Gasteiger partial charge >= 0.3 is 5.69 Å². The van der Waals surface area contributed by atoms with Crippen LogP contribution in [0.15, 0.2) is 67.6 Å². The molecule has 0 saturated heterocycles. The topological polar surface area (TPSA) is 87.4 Å². The quantitative estimate of drug-likeness (QED) is 0.597. The molecule has 0 aliphatic heterocycles. The lowest BCUT2D eigenvalue weighted by Gasteiger charge is -2.12. The standard InChI is InChI=1S/C19H15BrClN3O3/c1-11(22-10-12-5-2-3-8-15(12)20)16-17(25)23-19(27)24(18(16)26)14-7-4-6-13(21)9-14/h2-9,26H,10H2,1H3,(H,23,25,27). The number of nitrogens with zero attached hydrogens (tertiary/aromatic N) is 2. The Bertz CT molecular complexity index is 1150. The SMILES string of the molecule is CC(=NCc1ccccc1Br)c1c(O)n(-c2cccc(Cl)c2)c(=O)[nH]c1=O. The number of aromatic amines is 1. The predicted molar refractivity (Wildman–Crippen MR) is 109 cm³/mol. The molecule has 0 amide bonds. The van der Waals surface area contributed by atoms with Gasteiger partial charge in [0.05, 0.1) is 17.9 Å². The summed E-state index contributed by atoms with van der Waals surface area (Å²) in [6.45, 7) is 1.91. The molecular weight excluding hydrogens is 434 g/mol. The van der Waals surface area contributed by atoms with Crippen molar-refractivity contribution in [1.29, 1.82) is 0 Å². The zero-order valence-electron chi connectivity index (χ0n) is 14.2.